The van der Waals surface area contributed by atoms with Crippen molar-refractivity contribution in [3.8, 4) is 0 Å². The summed E-state index contributed by atoms with van der Waals surface area (Å²) in [5.74, 6) is 0. The molecule has 1 aromatic carbocycles. The number of imidazole rings is 1. The summed E-state index contributed by atoms with van der Waals surface area (Å²) < 4.78 is 6.82. The molecule has 0 radical (unpaired) electrons. The predicted octanol–water partition coefficient (Wildman–Crippen LogP) is 3.03. The van der Waals surface area contributed by atoms with Gasteiger partial charge in [0.1, 0.15) is 11.9 Å². The molecule has 5 heteroatoms. The zero-order valence-electron chi connectivity index (χ0n) is 12.7. The van der Waals surface area contributed by atoms with E-state index in [9.17, 15) is 9.90 Å². The van der Waals surface area contributed by atoms with Crippen molar-refractivity contribution in [2.45, 2.75) is 38.9 Å². The van der Waals surface area contributed by atoms with E-state index in [0.717, 1.165) is 11.1 Å². The van der Waals surface area contributed by atoms with E-state index in [2.05, 4.69) is 4.98 Å². The van der Waals surface area contributed by atoms with E-state index < -0.39 is 17.3 Å². The third kappa shape index (κ3) is 3.49. The lowest BCUT2D eigenvalue weighted by Gasteiger charge is -2.27. The van der Waals surface area contributed by atoms with Crippen LogP contribution in [-0.4, -0.2) is 20.8 Å². The molecule has 5 nitrogen and oxygen atoms in total. The van der Waals surface area contributed by atoms with Crippen LogP contribution in [0.25, 0.3) is 0 Å². The van der Waals surface area contributed by atoms with E-state index in [1.54, 1.807) is 13.8 Å². The van der Waals surface area contributed by atoms with Crippen molar-refractivity contribution in [2.75, 3.05) is 0 Å². The van der Waals surface area contributed by atoms with Crippen LogP contribution in [0.2, 0.25) is 0 Å². The summed E-state index contributed by atoms with van der Waals surface area (Å²) >= 11 is 0. The molecule has 0 atom stereocenters. The molecule has 112 valence electrons. The molecule has 0 aliphatic rings. The smallest absolute Gasteiger partial charge is 0.420 e. The average molecular weight is 288 g/mol. The van der Waals surface area contributed by atoms with Gasteiger partial charge in [-0.15, -0.1) is 0 Å². The highest BCUT2D eigenvalue weighted by atomic mass is 16.6. The Morgan fingerprint density at radius 3 is 2.48 bits per heavy atom. The first-order chi connectivity index (χ1) is 9.70. The third-order valence-electron chi connectivity index (χ3n) is 3.32. The Morgan fingerprint density at radius 1 is 1.24 bits per heavy atom. The van der Waals surface area contributed by atoms with Gasteiger partial charge in [-0.1, -0.05) is 18.2 Å². The Balaban J connectivity index is 2.25. The number of hydrogen-bond donors (Lipinski definition) is 1. The van der Waals surface area contributed by atoms with E-state index in [1.807, 2.05) is 38.1 Å². The van der Waals surface area contributed by atoms with Gasteiger partial charge in [-0.25, -0.2) is 14.3 Å². The highest BCUT2D eigenvalue weighted by Gasteiger charge is 2.27. The Labute approximate surface area is 124 Å². The normalized spacial score (nSPS) is 12.2. The van der Waals surface area contributed by atoms with Crippen LogP contribution in [0.5, 0.6) is 0 Å². The molecule has 0 saturated carbocycles. The number of carbonyl (C=O) groups excluding carboxylic acids is 1. The molecule has 21 heavy (non-hydrogen) atoms. The van der Waals surface area contributed by atoms with Crippen molar-refractivity contribution < 1.29 is 14.6 Å². The molecule has 0 fully saturated rings. The number of benzene rings is 1. The minimum absolute atomic E-state index is 0.494. The maximum Gasteiger partial charge on any atom is 0.420 e. The number of nitrogens with zero attached hydrogens (tertiary/aromatic N) is 2. The van der Waals surface area contributed by atoms with Crippen LogP contribution < -0.4 is 0 Å². The fourth-order valence-electron chi connectivity index (χ4n) is 1.97. The van der Waals surface area contributed by atoms with Crippen LogP contribution in [0.1, 0.15) is 38.8 Å². The van der Waals surface area contributed by atoms with Crippen molar-refractivity contribution in [1.82, 2.24) is 9.55 Å². The zero-order chi connectivity index (χ0) is 15.7. The monoisotopic (exact) mass is 288 g/mol. The largest absolute Gasteiger partial charge is 0.438 e. The van der Waals surface area contributed by atoms with Gasteiger partial charge in [0.05, 0.1) is 5.60 Å². The number of rotatable bonds is 3. The van der Waals surface area contributed by atoms with Gasteiger partial charge in [0.15, 0.2) is 0 Å². The maximum absolute atomic E-state index is 12.0. The van der Waals surface area contributed by atoms with E-state index in [-0.39, 0.29) is 0 Å². The van der Waals surface area contributed by atoms with Gasteiger partial charge in [-0.3, -0.25) is 0 Å². The van der Waals surface area contributed by atoms with Gasteiger partial charge < -0.3 is 9.84 Å². The van der Waals surface area contributed by atoms with Crippen LogP contribution in [0.3, 0.4) is 0 Å². The number of hydrogen-bond acceptors (Lipinski definition) is 4. The molecule has 2 rings (SSSR count). The standard InChI is InChI=1S/C16H20N2O3/c1-15(2,20)12-6-5-7-13(10-12)16(3,4)21-14(19)18-9-8-17-11-18/h5-11,20H,1-4H3. The van der Waals surface area contributed by atoms with Crippen LogP contribution in [0.4, 0.5) is 4.79 Å². The quantitative estimate of drug-likeness (QED) is 0.943. The van der Waals surface area contributed by atoms with Crippen molar-refractivity contribution in [1.29, 1.82) is 0 Å². The lowest BCUT2D eigenvalue weighted by Crippen LogP contribution is -2.28. The summed E-state index contributed by atoms with van der Waals surface area (Å²) in [6.45, 7) is 7.06. The molecule has 0 aliphatic carbocycles. The van der Waals surface area contributed by atoms with Gasteiger partial charge in [0.25, 0.3) is 0 Å². The van der Waals surface area contributed by atoms with Gasteiger partial charge in [-0.05, 0) is 44.9 Å². The first kappa shape index (κ1) is 15.3. The molecule has 2 aromatic rings. The molecular formula is C16H20N2O3. The molecule has 0 saturated heterocycles. The highest BCUT2D eigenvalue weighted by Crippen LogP contribution is 2.29. The number of aromatic nitrogens is 2. The average Bonchev–Trinajstić information content (AvgIpc) is 2.91. The summed E-state index contributed by atoms with van der Waals surface area (Å²) in [6, 6.07) is 7.41. The molecule has 1 aromatic heterocycles. The lowest BCUT2D eigenvalue weighted by molar-refractivity contribution is 0.0366. The molecule has 0 aliphatic heterocycles. The van der Waals surface area contributed by atoms with Crippen molar-refractivity contribution in [3.63, 3.8) is 0 Å². The minimum atomic E-state index is -0.944. The lowest BCUT2D eigenvalue weighted by atomic mass is 9.91. The second-order valence-corrected chi connectivity index (χ2v) is 5.99. The summed E-state index contributed by atoms with van der Waals surface area (Å²) in [6.07, 6.45) is 3.95. The first-order valence-electron chi connectivity index (χ1n) is 6.75. The summed E-state index contributed by atoms with van der Waals surface area (Å²) in [5, 5.41) is 10.1. The SMILES string of the molecule is CC(C)(O)c1cccc(C(C)(C)OC(=O)n2ccnc2)c1. The van der Waals surface area contributed by atoms with Gasteiger partial charge in [-0.2, -0.15) is 0 Å². The van der Waals surface area contributed by atoms with Crippen molar-refractivity contribution in [3.05, 3.63) is 54.1 Å². The van der Waals surface area contributed by atoms with Gasteiger partial charge in [0, 0.05) is 12.4 Å². The predicted molar refractivity (Wildman–Crippen MR) is 78.8 cm³/mol. The third-order valence-corrected chi connectivity index (χ3v) is 3.32. The first-order valence-corrected chi connectivity index (χ1v) is 6.75. The second kappa shape index (κ2) is 5.33. The zero-order valence-corrected chi connectivity index (χ0v) is 12.7. The maximum atomic E-state index is 12.0. The van der Waals surface area contributed by atoms with E-state index >= 15 is 0 Å². The molecule has 0 unspecified atom stereocenters. The van der Waals surface area contributed by atoms with E-state index in [4.69, 9.17) is 4.74 Å². The fraction of sp³-hybridized carbons (Fsp3) is 0.375. The molecule has 1 N–H and O–H groups in total. The van der Waals surface area contributed by atoms with Crippen LogP contribution in [-0.2, 0) is 15.9 Å². The highest BCUT2D eigenvalue weighted by molar-refractivity contribution is 5.70. The fourth-order valence-corrected chi connectivity index (χ4v) is 1.97. The topological polar surface area (TPSA) is 64.3 Å². The van der Waals surface area contributed by atoms with E-state index in [1.165, 1.54) is 23.3 Å². The van der Waals surface area contributed by atoms with Crippen LogP contribution in [0, 0.1) is 0 Å². The Morgan fingerprint density at radius 2 is 1.90 bits per heavy atom. The number of aliphatic hydroxyl groups is 1. The minimum Gasteiger partial charge on any atom is -0.438 e. The molecule has 0 spiro atoms. The number of carbonyl (C=O) groups is 1. The van der Waals surface area contributed by atoms with Gasteiger partial charge >= 0.3 is 6.09 Å². The summed E-state index contributed by atoms with van der Waals surface area (Å²) in [5.41, 5.74) is -0.175. The number of ether oxygens (including phenoxy) is 1. The molecule has 1 heterocycles. The Kier molecular flexibility index (Phi) is 3.87. The Hall–Kier alpha value is -2.14. The Bertz CT molecular complexity index is 625. The molecule has 0 amide bonds. The van der Waals surface area contributed by atoms with Crippen LogP contribution in [0.15, 0.2) is 43.0 Å². The second-order valence-electron chi connectivity index (χ2n) is 5.99. The van der Waals surface area contributed by atoms with Crippen molar-refractivity contribution in [2.24, 2.45) is 0 Å². The van der Waals surface area contributed by atoms with Crippen molar-refractivity contribution >= 4 is 6.09 Å². The van der Waals surface area contributed by atoms with Gasteiger partial charge in [0.2, 0.25) is 0 Å². The van der Waals surface area contributed by atoms with E-state index in [0.29, 0.717) is 0 Å². The van der Waals surface area contributed by atoms with Crippen LogP contribution >= 0.6 is 0 Å². The molecular weight excluding hydrogens is 268 g/mol. The summed E-state index contributed by atoms with van der Waals surface area (Å²) in [4.78, 5) is 15.8. The molecule has 0 bridgehead atoms. The summed E-state index contributed by atoms with van der Waals surface area (Å²) in [7, 11) is 0.